The zero-order valence-electron chi connectivity index (χ0n) is 13.4. The first kappa shape index (κ1) is 19.7. The van der Waals surface area contributed by atoms with Crippen LogP contribution in [0.3, 0.4) is 0 Å². The van der Waals surface area contributed by atoms with Gasteiger partial charge in [-0.15, -0.1) is 11.3 Å². The number of hydrogen-bond donors (Lipinski definition) is 1. The van der Waals surface area contributed by atoms with Crippen molar-refractivity contribution in [3.63, 3.8) is 0 Å². The van der Waals surface area contributed by atoms with E-state index < -0.39 is 0 Å². The Balaban J connectivity index is 2.22. The van der Waals surface area contributed by atoms with Crippen LogP contribution in [0.25, 0.3) is 0 Å². The Morgan fingerprint density at radius 3 is 2.14 bits per heavy atom. The van der Waals surface area contributed by atoms with Crippen molar-refractivity contribution in [3.8, 4) is 0 Å². The van der Waals surface area contributed by atoms with Crippen LogP contribution in [0.15, 0.2) is 14.3 Å². The number of hydrogen-bond acceptors (Lipinski definition) is 2. The molecule has 0 amide bonds. The molecule has 0 aromatic carbocycles. The van der Waals surface area contributed by atoms with Gasteiger partial charge in [0, 0.05) is 15.4 Å². The first-order chi connectivity index (χ1) is 10.2. The fourth-order valence-electron chi connectivity index (χ4n) is 2.61. The van der Waals surface area contributed by atoms with Gasteiger partial charge in [-0.2, -0.15) is 0 Å². The van der Waals surface area contributed by atoms with Crippen LogP contribution in [-0.2, 0) is 0 Å². The average Bonchev–Trinajstić information content (AvgIpc) is 2.80. The number of unbranched alkanes of at least 4 members (excludes halogenated alkanes) is 7. The molecule has 1 unspecified atom stereocenters. The molecule has 0 bridgehead atoms. The van der Waals surface area contributed by atoms with Crippen LogP contribution < -0.4 is 5.32 Å². The van der Waals surface area contributed by atoms with E-state index in [1.165, 1.54) is 70.9 Å². The molecule has 0 aliphatic carbocycles. The van der Waals surface area contributed by atoms with E-state index in [0.29, 0.717) is 6.04 Å². The third-order valence-electron chi connectivity index (χ3n) is 3.80. The van der Waals surface area contributed by atoms with Crippen molar-refractivity contribution in [2.45, 2.75) is 77.7 Å². The monoisotopic (exact) mass is 437 g/mol. The summed E-state index contributed by atoms with van der Waals surface area (Å²) < 4.78 is 2.39. The fourth-order valence-corrected chi connectivity index (χ4v) is 4.81. The van der Waals surface area contributed by atoms with Crippen LogP contribution in [0.1, 0.15) is 82.6 Å². The van der Waals surface area contributed by atoms with Gasteiger partial charge in [-0.05, 0) is 50.9 Å². The number of thiophene rings is 1. The largest absolute Gasteiger partial charge is 0.310 e. The van der Waals surface area contributed by atoms with Gasteiger partial charge in [0.25, 0.3) is 0 Å². The van der Waals surface area contributed by atoms with E-state index >= 15 is 0 Å². The van der Waals surface area contributed by atoms with Gasteiger partial charge in [0.2, 0.25) is 0 Å². The molecule has 4 heteroatoms. The Labute approximate surface area is 151 Å². The van der Waals surface area contributed by atoms with E-state index in [2.05, 4.69) is 57.1 Å². The molecule has 1 nitrogen and oxygen atoms in total. The third kappa shape index (κ3) is 8.15. The lowest BCUT2D eigenvalue weighted by Crippen LogP contribution is -2.19. The minimum absolute atomic E-state index is 0.516. The molecule has 1 atom stereocenters. The molecule has 1 aromatic rings. The number of nitrogens with one attached hydrogen (secondary N) is 1. The fraction of sp³-hybridized carbons (Fsp3) is 0.765. The Morgan fingerprint density at radius 2 is 1.62 bits per heavy atom. The summed E-state index contributed by atoms with van der Waals surface area (Å²) in [6.07, 6.45) is 12.4. The van der Waals surface area contributed by atoms with Gasteiger partial charge in [0.05, 0.1) is 3.79 Å². The molecular formula is C17H29Br2NS. The summed E-state index contributed by atoms with van der Waals surface area (Å²) >= 11 is 9.04. The van der Waals surface area contributed by atoms with Gasteiger partial charge in [-0.1, -0.05) is 65.2 Å². The molecule has 0 fully saturated rings. The van der Waals surface area contributed by atoms with Crippen LogP contribution >= 0.6 is 43.2 Å². The molecule has 0 aliphatic rings. The molecule has 1 N–H and O–H groups in total. The van der Waals surface area contributed by atoms with Gasteiger partial charge in [0.15, 0.2) is 0 Å². The zero-order chi connectivity index (χ0) is 15.5. The Kier molecular flexibility index (Phi) is 11.3. The van der Waals surface area contributed by atoms with Crippen molar-refractivity contribution >= 4 is 43.2 Å². The molecule has 21 heavy (non-hydrogen) atoms. The van der Waals surface area contributed by atoms with Gasteiger partial charge < -0.3 is 5.32 Å². The zero-order valence-corrected chi connectivity index (χ0v) is 17.4. The summed E-state index contributed by atoms with van der Waals surface area (Å²) in [6.45, 7) is 5.51. The van der Waals surface area contributed by atoms with E-state index in [4.69, 9.17) is 0 Å². The summed E-state index contributed by atoms with van der Waals surface area (Å²) in [6, 6.07) is 2.77. The summed E-state index contributed by atoms with van der Waals surface area (Å²) in [5, 5.41) is 3.63. The first-order valence-corrected chi connectivity index (χ1v) is 10.8. The molecule has 0 spiro atoms. The van der Waals surface area contributed by atoms with Crippen molar-refractivity contribution in [2.75, 3.05) is 6.54 Å². The second kappa shape index (κ2) is 12.1. The average molecular weight is 439 g/mol. The van der Waals surface area contributed by atoms with Crippen molar-refractivity contribution in [3.05, 3.63) is 19.2 Å². The molecule has 122 valence electrons. The van der Waals surface area contributed by atoms with Crippen LogP contribution in [-0.4, -0.2) is 6.54 Å². The molecule has 0 saturated carbocycles. The quantitative estimate of drug-likeness (QED) is 0.334. The highest BCUT2D eigenvalue weighted by Crippen LogP contribution is 2.37. The lowest BCUT2D eigenvalue weighted by Gasteiger charge is -2.16. The minimum atomic E-state index is 0.516. The predicted octanol–water partition coefficient (Wildman–Crippen LogP) is 7.45. The lowest BCUT2D eigenvalue weighted by atomic mass is 10.0. The Hall–Kier alpha value is 0.620. The van der Waals surface area contributed by atoms with Crippen LogP contribution in [0.4, 0.5) is 0 Å². The topological polar surface area (TPSA) is 12.0 Å². The second-order valence-electron chi connectivity index (χ2n) is 5.64. The second-order valence-corrected chi connectivity index (χ2v) is 8.90. The Bertz CT molecular complexity index is 359. The summed E-state index contributed by atoms with van der Waals surface area (Å²) in [7, 11) is 0. The van der Waals surface area contributed by atoms with E-state index in [0.717, 1.165) is 6.54 Å². The Morgan fingerprint density at radius 1 is 1.00 bits per heavy atom. The van der Waals surface area contributed by atoms with E-state index in [-0.39, 0.29) is 0 Å². The molecule has 0 aliphatic heterocycles. The third-order valence-corrected chi connectivity index (χ3v) is 7.17. The highest BCUT2D eigenvalue weighted by Gasteiger charge is 2.14. The molecular weight excluding hydrogens is 410 g/mol. The van der Waals surface area contributed by atoms with Crippen molar-refractivity contribution < 1.29 is 0 Å². The SMILES string of the molecule is CCCCCCCCCCC(NCC)c1cc(Br)c(Br)s1. The number of rotatable bonds is 12. The predicted molar refractivity (Wildman–Crippen MR) is 103 cm³/mol. The van der Waals surface area contributed by atoms with Gasteiger partial charge in [-0.25, -0.2) is 0 Å². The van der Waals surface area contributed by atoms with Gasteiger partial charge >= 0.3 is 0 Å². The highest BCUT2D eigenvalue weighted by molar-refractivity contribution is 9.13. The van der Waals surface area contributed by atoms with Crippen molar-refractivity contribution in [2.24, 2.45) is 0 Å². The van der Waals surface area contributed by atoms with E-state index in [1.54, 1.807) is 0 Å². The van der Waals surface area contributed by atoms with Gasteiger partial charge in [0.1, 0.15) is 0 Å². The number of halogens is 2. The van der Waals surface area contributed by atoms with Crippen molar-refractivity contribution in [1.29, 1.82) is 0 Å². The van der Waals surface area contributed by atoms with Gasteiger partial charge in [-0.3, -0.25) is 0 Å². The maximum absolute atomic E-state index is 3.63. The summed E-state index contributed by atoms with van der Waals surface area (Å²) in [5.74, 6) is 0. The summed E-state index contributed by atoms with van der Waals surface area (Å²) in [4.78, 5) is 1.44. The lowest BCUT2D eigenvalue weighted by molar-refractivity contribution is 0.480. The molecule has 0 saturated heterocycles. The van der Waals surface area contributed by atoms with E-state index in [1.807, 2.05) is 11.3 Å². The smallest absolute Gasteiger partial charge is 0.0843 e. The molecule has 1 rings (SSSR count). The maximum atomic E-state index is 3.63. The normalized spacial score (nSPS) is 12.8. The molecule has 1 heterocycles. The summed E-state index contributed by atoms with van der Waals surface area (Å²) in [5.41, 5.74) is 0. The van der Waals surface area contributed by atoms with Crippen LogP contribution in [0, 0.1) is 0 Å². The standard InChI is InChI=1S/C17H29Br2NS/c1-3-5-6-7-8-9-10-11-12-15(20-4-2)16-13-14(18)17(19)21-16/h13,15,20H,3-12H2,1-2H3. The molecule has 0 radical (unpaired) electrons. The highest BCUT2D eigenvalue weighted by atomic mass is 79.9. The van der Waals surface area contributed by atoms with Crippen molar-refractivity contribution in [1.82, 2.24) is 5.32 Å². The van der Waals surface area contributed by atoms with Crippen LogP contribution in [0.5, 0.6) is 0 Å². The first-order valence-electron chi connectivity index (χ1n) is 8.37. The molecule has 1 aromatic heterocycles. The minimum Gasteiger partial charge on any atom is -0.310 e. The van der Waals surface area contributed by atoms with E-state index in [9.17, 15) is 0 Å². The maximum Gasteiger partial charge on any atom is 0.0843 e. The van der Waals surface area contributed by atoms with Crippen LogP contribution in [0.2, 0.25) is 0 Å².